The molecule has 0 spiro atoms. The fourth-order valence-electron chi connectivity index (χ4n) is 2.71. The third kappa shape index (κ3) is 4.02. The fraction of sp³-hybridized carbons (Fsp3) is 0.389. The van der Waals surface area contributed by atoms with Gasteiger partial charge in [0.05, 0.1) is 27.4 Å². The summed E-state index contributed by atoms with van der Waals surface area (Å²) >= 11 is 0. The zero-order valence-electron chi connectivity index (χ0n) is 15.1. The van der Waals surface area contributed by atoms with Crippen LogP contribution in [0.5, 0.6) is 11.5 Å². The number of nitrogens with one attached hydrogen (secondary N) is 1. The van der Waals surface area contributed by atoms with Crippen LogP contribution in [-0.4, -0.2) is 61.3 Å². The molecule has 2 heterocycles. The Morgan fingerprint density at radius 1 is 1.12 bits per heavy atom. The van der Waals surface area contributed by atoms with Crippen molar-refractivity contribution in [2.24, 2.45) is 0 Å². The summed E-state index contributed by atoms with van der Waals surface area (Å²) in [7, 11) is 3.15. The lowest BCUT2D eigenvalue weighted by Gasteiger charge is -2.26. The second kappa shape index (κ2) is 8.01. The maximum Gasteiger partial charge on any atom is 0.272 e. The molecular formula is C18H22N4O4. The van der Waals surface area contributed by atoms with Gasteiger partial charge < -0.3 is 24.4 Å². The van der Waals surface area contributed by atoms with Gasteiger partial charge in [0.15, 0.2) is 11.5 Å². The van der Waals surface area contributed by atoms with Gasteiger partial charge in [-0.2, -0.15) is 0 Å². The summed E-state index contributed by atoms with van der Waals surface area (Å²) in [6.45, 7) is 4.07. The Balaban J connectivity index is 1.82. The Morgan fingerprint density at radius 3 is 2.54 bits per heavy atom. The molecular weight excluding hydrogens is 336 g/mol. The van der Waals surface area contributed by atoms with Gasteiger partial charge in [-0.1, -0.05) is 0 Å². The fourth-order valence-corrected chi connectivity index (χ4v) is 2.71. The average molecular weight is 358 g/mol. The molecule has 1 aromatic carbocycles. The van der Waals surface area contributed by atoms with Gasteiger partial charge >= 0.3 is 0 Å². The van der Waals surface area contributed by atoms with Crippen LogP contribution in [0, 0.1) is 6.92 Å². The van der Waals surface area contributed by atoms with Crippen LogP contribution in [-0.2, 0) is 4.74 Å². The number of carbonyl (C=O) groups excluding carboxylic acids is 1. The van der Waals surface area contributed by atoms with Gasteiger partial charge in [0.25, 0.3) is 5.91 Å². The van der Waals surface area contributed by atoms with Crippen LogP contribution in [0.4, 0.5) is 11.6 Å². The van der Waals surface area contributed by atoms with Crippen LogP contribution < -0.4 is 14.8 Å². The number of amides is 1. The van der Waals surface area contributed by atoms with E-state index in [0.29, 0.717) is 55.1 Å². The molecule has 1 aliphatic rings. The predicted molar refractivity (Wildman–Crippen MR) is 96.3 cm³/mol. The number of ether oxygens (including phenoxy) is 3. The number of hydrogen-bond donors (Lipinski definition) is 1. The minimum absolute atomic E-state index is 0.117. The Bertz CT molecular complexity index is 791. The van der Waals surface area contributed by atoms with Crippen LogP contribution in [0.25, 0.3) is 0 Å². The number of anilines is 2. The van der Waals surface area contributed by atoms with Gasteiger partial charge in [0, 0.05) is 30.5 Å². The first-order valence-corrected chi connectivity index (χ1v) is 8.32. The first-order valence-electron chi connectivity index (χ1n) is 8.32. The monoisotopic (exact) mass is 358 g/mol. The maximum absolute atomic E-state index is 12.7. The molecule has 138 valence electrons. The van der Waals surface area contributed by atoms with Crippen LogP contribution in [0.15, 0.2) is 24.3 Å². The van der Waals surface area contributed by atoms with E-state index in [9.17, 15) is 4.79 Å². The van der Waals surface area contributed by atoms with Crippen LogP contribution >= 0.6 is 0 Å². The molecule has 0 bridgehead atoms. The van der Waals surface area contributed by atoms with E-state index in [4.69, 9.17) is 14.2 Å². The first kappa shape index (κ1) is 17.9. The van der Waals surface area contributed by atoms with Gasteiger partial charge in [-0.05, 0) is 25.1 Å². The highest BCUT2D eigenvalue weighted by molar-refractivity contribution is 5.92. The number of nitrogens with zero attached hydrogens (tertiary/aromatic N) is 3. The third-order valence-corrected chi connectivity index (χ3v) is 4.01. The summed E-state index contributed by atoms with van der Waals surface area (Å²) in [5.74, 6) is 1.46. The number of carbonyl (C=O) groups is 1. The van der Waals surface area contributed by atoms with Gasteiger partial charge in [0.2, 0.25) is 5.95 Å². The zero-order valence-corrected chi connectivity index (χ0v) is 15.1. The van der Waals surface area contributed by atoms with Crippen molar-refractivity contribution >= 4 is 17.5 Å². The lowest BCUT2D eigenvalue weighted by molar-refractivity contribution is 0.0299. The van der Waals surface area contributed by atoms with E-state index >= 15 is 0 Å². The largest absolute Gasteiger partial charge is 0.493 e. The normalized spacial score (nSPS) is 14.0. The molecule has 0 radical (unpaired) electrons. The van der Waals surface area contributed by atoms with Crippen molar-refractivity contribution in [3.63, 3.8) is 0 Å². The maximum atomic E-state index is 12.7. The molecule has 1 saturated heterocycles. The average Bonchev–Trinajstić information content (AvgIpc) is 2.67. The Morgan fingerprint density at radius 2 is 1.85 bits per heavy atom. The quantitative estimate of drug-likeness (QED) is 0.875. The number of aryl methyl sites for hydroxylation is 1. The number of aromatic nitrogens is 2. The van der Waals surface area contributed by atoms with Gasteiger partial charge in [-0.15, -0.1) is 0 Å². The molecule has 0 atom stereocenters. The molecule has 3 rings (SSSR count). The van der Waals surface area contributed by atoms with Crippen LogP contribution in [0.3, 0.4) is 0 Å². The predicted octanol–water partition coefficient (Wildman–Crippen LogP) is 2.02. The molecule has 0 unspecified atom stereocenters. The molecule has 8 nitrogen and oxygen atoms in total. The van der Waals surface area contributed by atoms with E-state index in [1.165, 1.54) is 0 Å². The van der Waals surface area contributed by atoms with E-state index in [1.807, 2.05) is 13.0 Å². The summed E-state index contributed by atoms with van der Waals surface area (Å²) in [5.41, 5.74) is 1.81. The zero-order chi connectivity index (χ0) is 18.5. The highest BCUT2D eigenvalue weighted by atomic mass is 16.5. The summed E-state index contributed by atoms with van der Waals surface area (Å²) in [5, 5.41) is 3.12. The van der Waals surface area contributed by atoms with Gasteiger partial charge in [-0.3, -0.25) is 4.79 Å². The van der Waals surface area contributed by atoms with Gasteiger partial charge in [0.1, 0.15) is 5.69 Å². The summed E-state index contributed by atoms with van der Waals surface area (Å²) < 4.78 is 15.8. The first-order chi connectivity index (χ1) is 12.6. The van der Waals surface area contributed by atoms with E-state index < -0.39 is 0 Å². The minimum Gasteiger partial charge on any atom is -0.493 e. The third-order valence-electron chi connectivity index (χ3n) is 4.01. The molecule has 0 saturated carbocycles. The molecule has 2 aromatic rings. The van der Waals surface area contributed by atoms with E-state index in [1.54, 1.807) is 37.3 Å². The Hall–Kier alpha value is -2.87. The van der Waals surface area contributed by atoms with Gasteiger partial charge in [-0.25, -0.2) is 9.97 Å². The highest BCUT2D eigenvalue weighted by Gasteiger charge is 2.20. The van der Waals surface area contributed by atoms with Crippen molar-refractivity contribution in [2.45, 2.75) is 6.92 Å². The molecule has 1 aromatic heterocycles. The molecule has 26 heavy (non-hydrogen) atoms. The topological polar surface area (TPSA) is 85.8 Å². The van der Waals surface area contributed by atoms with Crippen molar-refractivity contribution in [1.82, 2.24) is 14.9 Å². The molecule has 1 fully saturated rings. The number of hydrogen-bond acceptors (Lipinski definition) is 7. The van der Waals surface area contributed by atoms with Crippen LogP contribution in [0.2, 0.25) is 0 Å². The molecule has 8 heteroatoms. The number of methoxy groups -OCH3 is 2. The van der Waals surface area contributed by atoms with Crippen molar-refractivity contribution in [1.29, 1.82) is 0 Å². The summed E-state index contributed by atoms with van der Waals surface area (Å²) in [4.78, 5) is 23.1. The van der Waals surface area contributed by atoms with E-state index in [-0.39, 0.29) is 5.91 Å². The van der Waals surface area contributed by atoms with Crippen LogP contribution in [0.1, 0.15) is 16.2 Å². The summed E-state index contributed by atoms with van der Waals surface area (Å²) in [6.07, 6.45) is 0. The smallest absolute Gasteiger partial charge is 0.272 e. The second-order valence-electron chi connectivity index (χ2n) is 5.82. The van der Waals surface area contributed by atoms with Crippen molar-refractivity contribution in [3.8, 4) is 11.5 Å². The minimum atomic E-state index is -0.117. The van der Waals surface area contributed by atoms with Crippen molar-refractivity contribution in [2.75, 3.05) is 45.8 Å². The number of rotatable bonds is 5. The van der Waals surface area contributed by atoms with Crippen molar-refractivity contribution < 1.29 is 19.0 Å². The molecule has 1 amide bonds. The SMILES string of the molecule is COc1ccc(Nc2nc(C)cc(C(=O)N3CCOCC3)n2)cc1OC. The lowest BCUT2D eigenvalue weighted by atomic mass is 10.2. The second-order valence-corrected chi connectivity index (χ2v) is 5.82. The van der Waals surface area contributed by atoms with Crippen molar-refractivity contribution in [3.05, 3.63) is 35.7 Å². The molecule has 0 aliphatic carbocycles. The Kier molecular flexibility index (Phi) is 5.52. The lowest BCUT2D eigenvalue weighted by Crippen LogP contribution is -2.41. The number of morpholine rings is 1. The molecule has 1 aliphatic heterocycles. The van der Waals surface area contributed by atoms with E-state index in [2.05, 4.69) is 15.3 Å². The molecule has 1 N–H and O–H groups in total. The standard InChI is InChI=1S/C18H22N4O4/c1-12-10-14(17(23)22-6-8-26-9-7-22)21-18(19-12)20-13-4-5-15(24-2)16(11-13)25-3/h4-5,10-11H,6-9H2,1-3H3,(H,19,20,21). The Labute approximate surface area is 152 Å². The highest BCUT2D eigenvalue weighted by Crippen LogP contribution is 2.30. The number of benzene rings is 1. The summed E-state index contributed by atoms with van der Waals surface area (Å²) in [6, 6.07) is 7.10. The van der Waals surface area contributed by atoms with E-state index in [0.717, 1.165) is 5.69 Å².